The Kier molecular flexibility index (Phi) is 5.58. The molecule has 2 rings (SSSR count). The molecule has 1 amide bonds. The second-order valence-electron chi connectivity index (χ2n) is 5.19. The maximum atomic E-state index is 11.9. The molecule has 0 aliphatic carbocycles. The van der Waals surface area contributed by atoms with Gasteiger partial charge in [0.15, 0.2) is 0 Å². The smallest absolute Gasteiger partial charge is 0.330 e. The summed E-state index contributed by atoms with van der Waals surface area (Å²) in [5.41, 5.74) is -0.594. The van der Waals surface area contributed by atoms with Crippen molar-refractivity contribution in [2.75, 3.05) is 0 Å². The second-order valence-corrected chi connectivity index (χ2v) is 5.19. The van der Waals surface area contributed by atoms with Gasteiger partial charge in [0.05, 0.1) is 19.4 Å². The number of aromatic nitrogens is 2. The van der Waals surface area contributed by atoms with Gasteiger partial charge in [0.1, 0.15) is 17.4 Å². The summed E-state index contributed by atoms with van der Waals surface area (Å²) in [4.78, 5) is 35.4. The van der Waals surface area contributed by atoms with Crippen LogP contribution >= 0.6 is 0 Å². The van der Waals surface area contributed by atoms with Gasteiger partial charge in [-0.05, 0) is 12.1 Å². The van der Waals surface area contributed by atoms with E-state index in [1.165, 1.54) is 37.2 Å². The third-order valence-corrected chi connectivity index (χ3v) is 3.52. The Morgan fingerprint density at radius 3 is 2.72 bits per heavy atom. The van der Waals surface area contributed by atoms with E-state index in [0.29, 0.717) is 11.5 Å². The summed E-state index contributed by atoms with van der Waals surface area (Å²) >= 11 is 0. The molecule has 0 aliphatic heterocycles. The first-order chi connectivity index (χ1) is 11.9. The average molecular weight is 343 g/mol. The highest BCUT2D eigenvalue weighted by Crippen LogP contribution is 2.00. The van der Waals surface area contributed by atoms with Crippen molar-refractivity contribution < 1.29 is 9.21 Å². The molecule has 0 spiro atoms. The molecule has 0 saturated heterocycles. The lowest BCUT2D eigenvalue weighted by Gasteiger charge is -2.09. The van der Waals surface area contributed by atoms with Gasteiger partial charge in [-0.3, -0.25) is 18.7 Å². The first-order valence-corrected chi connectivity index (χ1v) is 7.34. The Bertz CT molecular complexity index is 944. The number of hydrogen-bond donors (Lipinski definition) is 2. The number of rotatable bonds is 6. The van der Waals surface area contributed by atoms with Gasteiger partial charge in [0.25, 0.3) is 11.5 Å². The fourth-order valence-electron chi connectivity index (χ4n) is 2.03. The van der Waals surface area contributed by atoms with Crippen molar-refractivity contribution in [1.82, 2.24) is 19.8 Å². The standard InChI is InChI=1S/C16H17N5O4/c1-20-12(6-14(22)21(2)16(20)24)9-18-8-11(7-17)15(23)19-10-13-4-3-5-25-13/h3-6,8,18H,9-10H2,1-2H3,(H,19,23)/b11-8+. The topological polar surface area (TPSA) is 122 Å². The molecule has 0 fully saturated rings. The monoisotopic (exact) mass is 343 g/mol. The number of nitrogens with one attached hydrogen (secondary N) is 2. The van der Waals surface area contributed by atoms with Gasteiger partial charge >= 0.3 is 5.69 Å². The van der Waals surface area contributed by atoms with Gasteiger partial charge in [-0.15, -0.1) is 0 Å². The Hall–Kier alpha value is -3.54. The molecule has 9 heteroatoms. The van der Waals surface area contributed by atoms with Gasteiger partial charge < -0.3 is 15.1 Å². The van der Waals surface area contributed by atoms with Crippen molar-refractivity contribution in [1.29, 1.82) is 5.26 Å². The van der Waals surface area contributed by atoms with Crippen LogP contribution in [0.5, 0.6) is 0 Å². The van der Waals surface area contributed by atoms with Crippen LogP contribution in [-0.4, -0.2) is 15.0 Å². The van der Waals surface area contributed by atoms with Crippen LogP contribution in [0.2, 0.25) is 0 Å². The lowest BCUT2D eigenvalue weighted by atomic mass is 10.3. The van der Waals surface area contributed by atoms with Gasteiger partial charge in [-0.25, -0.2) is 4.79 Å². The highest BCUT2D eigenvalue weighted by molar-refractivity contribution is 5.97. The summed E-state index contributed by atoms with van der Waals surface area (Å²) < 4.78 is 7.38. The molecule has 2 N–H and O–H groups in total. The van der Waals surface area contributed by atoms with Crippen LogP contribution in [0.4, 0.5) is 0 Å². The number of amides is 1. The van der Waals surface area contributed by atoms with Gasteiger partial charge in [-0.1, -0.05) is 0 Å². The number of furan rings is 1. The summed E-state index contributed by atoms with van der Waals surface area (Å²) in [6.07, 6.45) is 2.72. The van der Waals surface area contributed by atoms with Crippen LogP contribution < -0.4 is 21.9 Å². The van der Waals surface area contributed by atoms with Crippen LogP contribution in [0, 0.1) is 11.3 Å². The summed E-state index contributed by atoms with van der Waals surface area (Å²) in [6.45, 7) is 0.270. The van der Waals surface area contributed by atoms with E-state index in [0.717, 1.165) is 4.57 Å². The third-order valence-electron chi connectivity index (χ3n) is 3.52. The maximum Gasteiger partial charge on any atom is 0.330 e. The number of nitrogens with zero attached hydrogens (tertiary/aromatic N) is 3. The average Bonchev–Trinajstić information content (AvgIpc) is 3.12. The SMILES string of the molecule is Cn1c(CN/C=C(\C#N)C(=O)NCc2ccco2)cc(=O)n(C)c1=O. The molecule has 9 nitrogen and oxygen atoms in total. The molecule has 130 valence electrons. The van der Waals surface area contributed by atoms with Gasteiger partial charge in [0.2, 0.25) is 0 Å². The van der Waals surface area contributed by atoms with Crippen molar-refractivity contribution in [3.63, 3.8) is 0 Å². The molecule has 2 aromatic rings. The van der Waals surface area contributed by atoms with Crippen LogP contribution in [0.15, 0.2) is 50.2 Å². The van der Waals surface area contributed by atoms with Crippen molar-refractivity contribution >= 4 is 5.91 Å². The first-order valence-electron chi connectivity index (χ1n) is 7.34. The van der Waals surface area contributed by atoms with E-state index in [1.54, 1.807) is 18.2 Å². The molecule has 25 heavy (non-hydrogen) atoms. The molecule has 0 unspecified atom stereocenters. The zero-order chi connectivity index (χ0) is 18.4. The molecule has 2 heterocycles. The summed E-state index contributed by atoms with van der Waals surface area (Å²) in [5.74, 6) is -0.00186. The molecule has 2 aromatic heterocycles. The zero-order valence-corrected chi connectivity index (χ0v) is 13.8. The molecule has 0 aromatic carbocycles. The number of carbonyl (C=O) groups is 1. The second kappa shape index (κ2) is 7.83. The van der Waals surface area contributed by atoms with E-state index in [-0.39, 0.29) is 18.7 Å². The van der Waals surface area contributed by atoms with E-state index in [4.69, 9.17) is 9.68 Å². The van der Waals surface area contributed by atoms with E-state index in [9.17, 15) is 14.4 Å². The number of hydrogen-bond acceptors (Lipinski definition) is 6. The Morgan fingerprint density at radius 2 is 2.08 bits per heavy atom. The van der Waals surface area contributed by atoms with Gasteiger partial charge in [0, 0.05) is 32.1 Å². The van der Waals surface area contributed by atoms with E-state index < -0.39 is 17.2 Å². The molecular weight excluding hydrogens is 326 g/mol. The molecule has 0 aliphatic rings. The normalized spacial score (nSPS) is 11.0. The lowest BCUT2D eigenvalue weighted by molar-refractivity contribution is -0.117. The zero-order valence-electron chi connectivity index (χ0n) is 13.8. The first kappa shape index (κ1) is 17.8. The minimum atomic E-state index is -0.565. The lowest BCUT2D eigenvalue weighted by Crippen LogP contribution is -2.38. The molecule has 0 atom stereocenters. The largest absolute Gasteiger partial charge is 0.467 e. The molecule has 0 radical (unpaired) electrons. The van der Waals surface area contributed by atoms with Crippen LogP contribution in [0.1, 0.15) is 11.5 Å². The van der Waals surface area contributed by atoms with E-state index >= 15 is 0 Å². The maximum absolute atomic E-state index is 11.9. The molecular formula is C16H17N5O4. The fraction of sp³-hybridized carbons (Fsp3) is 0.250. The van der Waals surface area contributed by atoms with E-state index in [2.05, 4.69) is 10.6 Å². The van der Waals surface area contributed by atoms with Crippen LogP contribution in [-0.2, 0) is 32.0 Å². The summed E-state index contributed by atoms with van der Waals surface area (Å²) in [6, 6.07) is 6.49. The Labute approximate surface area is 142 Å². The molecule has 0 bridgehead atoms. The third kappa shape index (κ3) is 4.26. The van der Waals surface area contributed by atoms with Crippen molar-refractivity contribution in [2.24, 2.45) is 14.1 Å². The number of carbonyl (C=O) groups excluding carboxylic acids is 1. The van der Waals surface area contributed by atoms with Crippen molar-refractivity contribution in [3.05, 3.63) is 68.5 Å². The predicted molar refractivity (Wildman–Crippen MR) is 88.0 cm³/mol. The van der Waals surface area contributed by atoms with Gasteiger partial charge in [-0.2, -0.15) is 5.26 Å². The highest BCUT2D eigenvalue weighted by atomic mass is 16.3. The Morgan fingerprint density at radius 1 is 1.32 bits per heavy atom. The highest BCUT2D eigenvalue weighted by Gasteiger charge is 2.10. The minimum Gasteiger partial charge on any atom is -0.467 e. The van der Waals surface area contributed by atoms with Crippen molar-refractivity contribution in [3.8, 4) is 6.07 Å². The predicted octanol–water partition coefficient (Wildman–Crippen LogP) is -0.510. The number of nitriles is 1. The molecule has 0 saturated carbocycles. The van der Waals surface area contributed by atoms with Crippen LogP contribution in [0.25, 0.3) is 0 Å². The van der Waals surface area contributed by atoms with Crippen molar-refractivity contribution in [2.45, 2.75) is 13.1 Å². The minimum absolute atomic E-state index is 0.110. The quantitative estimate of drug-likeness (QED) is 0.538. The fourth-order valence-corrected chi connectivity index (χ4v) is 2.03. The summed E-state index contributed by atoms with van der Waals surface area (Å²) in [5, 5.41) is 14.4. The summed E-state index contributed by atoms with van der Waals surface area (Å²) in [7, 11) is 2.92. The Balaban J connectivity index is 2.02. The van der Waals surface area contributed by atoms with Crippen LogP contribution in [0.3, 0.4) is 0 Å². The van der Waals surface area contributed by atoms with E-state index in [1.807, 2.05) is 0 Å².